The highest BCUT2D eigenvalue weighted by Gasteiger charge is 2.14. The van der Waals surface area contributed by atoms with E-state index in [4.69, 9.17) is 4.74 Å². The summed E-state index contributed by atoms with van der Waals surface area (Å²) in [5, 5.41) is 0. The normalized spacial score (nSPS) is 12.0. The molecule has 0 N–H and O–H groups in total. The lowest BCUT2D eigenvalue weighted by Gasteiger charge is -2.21. The van der Waals surface area contributed by atoms with Gasteiger partial charge in [-0.25, -0.2) is 0 Å². The van der Waals surface area contributed by atoms with Gasteiger partial charge in [0.25, 0.3) is 0 Å². The second kappa shape index (κ2) is 4.18. The van der Waals surface area contributed by atoms with Crippen LogP contribution in [0.25, 0.3) is 0 Å². The molecule has 0 aliphatic carbocycles. The van der Waals surface area contributed by atoms with Crippen molar-refractivity contribution in [3.05, 3.63) is 0 Å². The minimum absolute atomic E-state index is 0.00993. The standard InChI is InChI=1S/C7H16OS/c1-5-6-8-7(2,3)9-4/h5-6H2,1-4H3. The molecule has 0 atom stereocenters. The van der Waals surface area contributed by atoms with Gasteiger partial charge in [0.1, 0.15) is 4.93 Å². The highest BCUT2D eigenvalue weighted by atomic mass is 32.2. The third-order valence-electron chi connectivity index (χ3n) is 1.15. The van der Waals surface area contributed by atoms with Gasteiger partial charge in [-0.1, -0.05) is 6.92 Å². The summed E-state index contributed by atoms with van der Waals surface area (Å²) in [7, 11) is 0. The molecule has 0 fully saturated rings. The van der Waals surface area contributed by atoms with Crippen LogP contribution in [0.4, 0.5) is 0 Å². The van der Waals surface area contributed by atoms with Crippen molar-refractivity contribution in [1.82, 2.24) is 0 Å². The van der Waals surface area contributed by atoms with Gasteiger partial charge < -0.3 is 4.74 Å². The molecule has 2 heteroatoms. The molecule has 1 nitrogen and oxygen atoms in total. The van der Waals surface area contributed by atoms with E-state index >= 15 is 0 Å². The van der Waals surface area contributed by atoms with Gasteiger partial charge >= 0.3 is 0 Å². The third kappa shape index (κ3) is 4.79. The highest BCUT2D eigenvalue weighted by molar-refractivity contribution is 7.99. The van der Waals surface area contributed by atoms with E-state index in [-0.39, 0.29) is 4.93 Å². The molecule has 0 amide bonds. The fourth-order valence-corrected chi connectivity index (χ4v) is 0.608. The Morgan fingerprint density at radius 1 is 1.44 bits per heavy atom. The quantitative estimate of drug-likeness (QED) is 0.566. The van der Waals surface area contributed by atoms with E-state index in [1.54, 1.807) is 11.8 Å². The molecule has 56 valence electrons. The maximum Gasteiger partial charge on any atom is 0.107 e. The summed E-state index contributed by atoms with van der Waals surface area (Å²) in [6.45, 7) is 7.17. The predicted octanol–water partition coefficient (Wildman–Crippen LogP) is 2.51. The van der Waals surface area contributed by atoms with Gasteiger partial charge in [0.05, 0.1) is 0 Å². The van der Waals surface area contributed by atoms with Gasteiger partial charge in [-0.2, -0.15) is 0 Å². The topological polar surface area (TPSA) is 9.23 Å². The fourth-order valence-electron chi connectivity index (χ4n) is 0.407. The average molecular weight is 148 g/mol. The molecule has 0 aromatic rings. The summed E-state index contributed by atoms with van der Waals surface area (Å²) >= 11 is 1.74. The molecule has 9 heavy (non-hydrogen) atoms. The van der Waals surface area contributed by atoms with E-state index in [9.17, 15) is 0 Å². The predicted molar refractivity (Wildman–Crippen MR) is 43.8 cm³/mol. The lowest BCUT2D eigenvalue weighted by Crippen LogP contribution is -2.19. The summed E-state index contributed by atoms with van der Waals surface area (Å²) in [5.74, 6) is 0. The molecule has 0 saturated heterocycles. The second-order valence-electron chi connectivity index (χ2n) is 2.45. The maximum absolute atomic E-state index is 5.49. The molecule has 0 rings (SSSR count). The SMILES string of the molecule is CCCOC(C)(C)SC. The lowest BCUT2D eigenvalue weighted by atomic mass is 10.4. The second-order valence-corrected chi connectivity index (χ2v) is 3.84. The molecule has 0 unspecified atom stereocenters. The minimum Gasteiger partial charge on any atom is -0.365 e. The molecular weight excluding hydrogens is 132 g/mol. The number of rotatable bonds is 4. The van der Waals surface area contributed by atoms with Gasteiger partial charge in [-0.3, -0.25) is 0 Å². The van der Waals surface area contributed by atoms with E-state index in [1.807, 2.05) is 0 Å². The average Bonchev–Trinajstić information content (AvgIpc) is 1.84. The molecule has 0 aliphatic rings. The van der Waals surface area contributed by atoms with Crippen LogP contribution < -0.4 is 0 Å². The van der Waals surface area contributed by atoms with Gasteiger partial charge in [-0.05, 0) is 26.5 Å². The van der Waals surface area contributed by atoms with Gasteiger partial charge in [0.15, 0.2) is 0 Å². The van der Waals surface area contributed by atoms with Crippen LogP contribution in [0.5, 0.6) is 0 Å². The van der Waals surface area contributed by atoms with Crippen LogP contribution in [0.15, 0.2) is 0 Å². The molecule has 0 aromatic carbocycles. The van der Waals surface area contributed by atoms with Crippen molar-refractivity contribution < 1.29 is 4.74 Å². The first kappa shape index (κ1) is 9.31. The Balaban J connectivity index is 3.33. The monoisotopic (exact) mass is 148 g/mol. The van der Waals surface area contributed by atoms with Crippen LogP contribution >= 0.6 is 11.8 Å². The minimum atomic E-state index is 0.00993. The van der Waals surface area contributed by atoms with Crippen LogP contribution in [-0.4, -0.2) is 17.8 Å². The molecule has 0 aliphatic heterocycles. The summed E-state index contributed by atoms with van der Waals surface area (Å²) in [6, 6.07) is 0. The van der Waals surface area contributed by atoms with E-state index in [2.05, 4.69) is 27.0 Å². The van der Waals surface area contributed by atoms with Crippen molar-refractivity contribution in [2.75, 3.05) is 12.9 Å². The number of ether oxygens (including phenoxy) is 1. The number of thioether (sulfide) groups is 1. The smallest absolute Gasteiger partial charge is 0.107 e. The Morgan fingerprint density at radius 2 is 2.00 bits per heavy atom. The highest BCUT2D eigenvalue weighted by Crippen LogP contribution is 2.22. The van der Waals surface area contributed by atoms with Gasteiger partial charge in [-0.15, -0.1) is 11.8 Å². The molecular formula is C7H16OS. The Bertz CT molecular complexity index is 71.3. The zero-order valence-corrected chi connectivity index (χ0v) is 7.55. The van der Waals surface area contributed by atoms with E-state index in [0.717, 1.165) is 13.0 Å². The van der Waals surface area contributed by atoms with E-state index in [1.165, 1.54) is 0 Å². The molecule has 0 radical (unpaired) electrons. The van der Waals surface area contributed by atoms with Crippen LogP contribution in [0, 0.1) is 0 Å². The number of hydrogen-bond donors (Lipinski definition) is 0. The zero-order chi connectivity index (χ0) is 7.33. The van der Waals surface area contributed by atoms with Crippen LogP contribution in [0.2, 0.25) is 0 Å². The van der Waals surface area contributed by atoms with E-state index in [0.29, 0.717) is 0 Å². The molecule has 0 saturated carbocycles. The van der Waals surface area contributed by atoms with Crippen molar-refractivity contribution in [3.8, 4) is 0 Å². The van der Waals surface area contributed by atoms with Crippen molar-refractivity contribution >= 4 is 11.8 Å². The van der Waals surface area contributed by atoms with Gasteiger partial charge in [0, 0.05) is 6.61 Å². The van der Waals surface area contributed by atoms with Gasteiger partial charge in [0.2, 0.25) is 0 Å². The Kier molecular flexibility index (Phi) is 4.32. The number of hydrogen-bond acceptors (Lipinski definition) is 2. The molecule has 0 heterocycles. The summed E-state index contributed by atoms with van der Waals surface area (Å²) < 4.78 is 5.49. The maximum atomic E-state index is 5.49. The first-order valence-corrected chi connectivity index (χ1v) is 4.54. The van der Waals surface area contributed by atoms with Crippen molar-refractivity contribution in [2.45, 2.75) is 32.1 Å². The first-order valence-electron chi connectivity index (χ1n) is 3.31. The van der Waals surface area contributed by atoms with Crippen molar-refractivity contribution in [3.63, 3.8) is 0 Å². The van der Waals surface area contributed by atoms with E-state index < -0.39 is 0 Å². The molecule has 0 aromatic heterocycles. The van der Waals surface area contributed by atoms with Crippen LogP contribution in [0.3, 0.4) is 0 Å². The fraction of sp³-hybridized carbons (Fsp3) is 1.00. The molecule has 0 spiro atoms. The lowest BCUT2D eigenvalue weighted by molar-refractivity contribution is 0.0533. The largest absolute Gasteiger partial charge is 0.365 e. The van der Waals surface area contributed by atoms with Crippen LogP contribution in [-0.2, 0) is 4.74 Å². The summed E-state index contributed by atoms with van der Waals surface area (Å²) in [5.41, 5.74) is 0. The Morgan fingerprint density at radius 3 is 2.33 bits per heavy atom. The zero-order valence-electron chi connectivity index (χ0n) is 6.73. The van der Waals surface area contributed by atoms with Crippen molar-refractivity contribution in [2.24, 2.45) is 0 Å². The molecule has 0 bridgehead atoms. The third-order valence-corrected chi connectivity index (χ3v) is 2.25. The Labute approximate surface area is 62.2 Å². The van der Waals surface area contributed by atoms with Crippen LogP contribution in [0.1, 0.15) is 27.2 Å². The summed E-state index contributed by atoms with van der Waals surface area (Å²) in [4.78, 5) is 0.00993. The Hall–Kier alpha value is 0.310. The van der Waals surface area contributed by atoms with Crippen molar-refractivity contribution in [1.29, 1.82) is 0 Å². The summed E-state index contributed by atoms with van der Waals surface area (Å²) in [6.07, 6.45) is 3.17. The first-order chi connectivity index (χ1) is 4.12.